The molecule has 0 saturated heterocycles. The fraction of sp³-hybridized carbons (Fsp3) is 0.188. The highest BCUT2D eigenvalue weighted by molar-refractivity contribution is 5.69. The topological polar surface area (TPSA) is 36.3 Å². The summed E-state index contributed by atoms with van der Waals surface area (Å²) in [6.45, 7) is 2.02. The molecule has 3 heteroatoms. The largest absolute Gasteiger partial charge is 0.497 e. The molecule has 0 spiro atoms. The summed E-state index contributed by atoms with van der Waals surface area (Å²) in [5.74, 6) is 0.821. The lowest BCUT2D eigenvalue weighted by molar-refractivity contribution is 0.415. The van der Waals surface area contributed by atoms with Gasteiger partial charge in [0.25, 0.3) is 0 Å². The van der Waals surface area contributed by atoms with Crippen LogP contribution in [-0.2, 0) is 0 Å². The normalized spacial score (nSPS) is 9.79. The molecule has 2 aromatic carbocycles. The molecule has 2 aromatic rings. The Morgan fingerprint density at radius 1 is 1.11 bits per heavy atom. The van der Waals surface area contributed by atoms with E-state index in [1.165, 1.54) is 0 Å². The summed E-state index contributed by atoms with van der Waals surface area (Å²) >= 11 is 0. The second kappa shape index (κ2) is 5.45. The number of benzene rings is 2. The zero-order valence-corrected chi connectivity index (χ0v) is 11.3. The average Bonchev–Trinajstić information content (AvgIpc) is 2.46. The third-order valence-corrected chi connectivity index (χ3v) is 3.09. The fourth-order valence-corrected chi connectivity index (χ4v) is 1.96. The van der Waals surface area contributed by atoms with Gasteiger partial charge in [0.2, 0.25) is 0 Å². The summed E-state index contributed by atoms with van der Waals surface area (Å²) in [5, 5.41) is 9.19. The first-order valence-corrected chi connectivity index (χ1v) is 6.04. The second-order valence-corrected chi connectivity index (χ2v) is 4.39. The molecular weight excluding hydrogens is 236 g/mol. The average molecular weight is 252 g/mol. The highest BCUT2D eigenvalue weighted by Crippen LogP contribution is 2.28. The minimum Gasteiger partial charge on any atom is -0.497 e. The van der Waals surface area contributed by atoms with Crippen LogP contribution < -0.4 is 9.64 Å². The van der Waals surface area contributed by atoms with E-state index in [4.69, 9.17) is 4.74 Å². The molecule has 3 nitrogen and oxygen atoms in total. The number of ether oxygens (including phenoxy) is 1. The number of anilines is 2. The molecule has 0 heterocycles. The molecule has 0 aromatic heterocycles. The Balaban J connectivity index is 2.40. The van der Waals surface area contributed by atoms with Gasteiger partial charge in [0.05, 0.1) is 18.4 Å². The Morgan fingerprint density at radius 2 is 1.79 bits per heavy atom. The first-order valence-electron chi connectivity index (χ1n) is 6.04. The van der Waals surface area contributed by atoms with Crippen LogP contribution in [0.5, 0.6) is 5.75 Å². The second-order valence-electron chi connectivity index (χ2n) is 4.39. The van der Waals surface area contributed by atoms with Crippen molar-refractivity contribution in [3.63, 3.8) is 0 Å². The van der Waals surface area contributed by atoms with Crippen molar-refractivity contribution in [2.45, 2.75) is 6.92 Å². The number of hydrogen-bond donors (Lipinski definition) is 0. The molecule has 0 bridgehead atoms. The van der Waals surface area contributed by atoms with E-state index in [-0.39, 0.29) is 0 Å². The van der Waals surface area contributed by atoms with E-state index in [9.17, 15) is 5.26 Å². The van der Waals surface area contributed by atoms with Crippen LogP contribution in [-0.4, -0.2) is 14.2 Å². The molecule has 0 atom stereocenters. The number of nitriles is 1. The minimum atomic E-state index is 0.670. The SMILES string of the molecule is COc1ccc(N(C)c2cc(C)ccc2C#N)cc1. The van der Waals surface area contributed by atoms with Crippen LogP contribution >= 0.6 is 0 Å². The Kier molecular flexibility index (Phi) is 3.72. The third-order valence-electron chi connectivity index (χ3n) is 3.09. The van der Waals surface area contributed by atoms with Gasteiger partial charge in [0, 0.05) is 12.7 Å². The van der Waals surface area contributed by atoms with E-state index in [1.807, 2.05) is 61.3 Å². The molecule has 0 aliphatic rings. The van der Waals surface area contributed by atoms with Crippen LogP contribution in [0.25, 0.3) is 0 Å². The zero-order chi connectivity index (χ0) is 13.8. The third kappa shape index (κ3) is 2.69. The van der Waals surface area contributed by atoms with Crippen LogP contribution in [0.3, 0.4) is 0 Å². The summed E-state index contributed by atoms with van der Waals surface area (Å²) in [5.41, 5.74) is 3.73. The number of hydrogen-bond acceptors (Lipinski definition) is 3. The van der Waals surface area contributed by atoms with E-state index in [1.54, 1.807) is 7.11 Å². The molecule has 0 unspecified atom stereocenters. The first kappa shape index (κ1) is 13.0. The molecule has 0 amide bonds. The van der Waals surface area contributed by atoms with Crippen LogP contribution in [0, 0.1) is 18.3 Å². The van der Waals surface area contributed by atoms with E-state index < -0.39 is 0 Å². The van der Waals surface area contributed by atoms with E-state index in [0.29, 0.717) is 5.56 Å². The summed E-state index contributed by atoms with van der Waals surface area (Å²) in [4.78, 5) is 2.00. The standard InChI is InChI=1S/C16H16N2O/c1-12-4-5-13(11-17)16(10-12)18(2)14-6-8-15(19-3)9-7-14/h4-10H,1-3H3. The van der Waals surface area contributed by atoms with Gasteiger partial charge in [-0.15, -0.1) is 0 Å². The predicted octanol–water partition coefficient (Wildman–Crippen LogP) is 3.64. The smallest absolute Gasteiger partial charge is 0.119 e. The minimum absolute atomic E-state index is 0.670. The number of nitrogens with zero attached hydrogens (tertiary/aromatic N) is 2. The van der Waals surface area contributed by atoms with Gasteiger partial charge in [-0.25, -0.2) is 0 Å². The predicted molar refractivity (Wildman–Crippen MR) is 77.0 cm³/mol. The van der Waals surface area contributed by atoms with Crippen LogP contribution in [0.2, 0.25) is 0 Å². The van der Waals surface area contributed by atoms with Gasteiger partial charge in [-0.3, -0.25) is 0 Å². The Labute approximate surface area is 113 Å². The van der Waals surface area contributed by atoms with Crippen molar-refractivity contribution >= 4 is 11.4 Å². The lowest BCUT2D eigenvalue weighted by Crippen LogP contribution is -2.11. The van der Waals surface area contributed by atoms with E-state index in [0.717, 1.165) is 22.7 Å². The van der Waals surface area contributed by atoms with Gasteiger partial charge < -0.3 is 9.64 Å². The van der Waals surface area contributed by atoms with Crippen LogP contribution in [0.1, 0.15) is 11.1 Å². The molecule has 0 radical (unpaired) electrons. The van der Waals surface area contributed by atoms with Gasteiger partial charge in [-0.1, -0.05) is 6.07 Å². The van der Waals surface area contributed by atoms with Crippen LogP contribution in [0.15, 0.2) is 42.5 Å². The summed E-state index contributed by atoms with van der Waals surface area (Å²) in [7, 11) is 3.60. The first-order chi connectivity index (χ1) is 9.15. The van der Waals surface area contributed by atoms with Crippen LogP contribution in [0.4, 0.5) is 11.4 Å². The molecule has 0 aliphatic heterocycles. The van der Waals surface area contributed by atoms with Crippen molar-refractivity contribution in [2.75, 3.05) is 19.1 Å². The number of rotatable bonds is 3. The molecule has 0 N–H and O–H groups in total. The Hall–Kier alpha value is -2.47. The number of methoxy groups -OCH3 is 1. The van der Waals surface area contributed by atoms with Gasteiger partial charge in [0.1, 0.15) is 11.8 Å². The summed E-state index contributed by atoms with van der Waals surface area (Å²) in [6.07, 6.45) is 0. The number of aryl methyl sites for hydroxylation is 1. The maximum Gasteiger partial charge on any atom is 0.119 e. The Bertz CT molecular complexity index is 612. The van der Waals surface area contributed by atoms with Gasteiger partial charge in [-0.2, -0.15) is 5.26 Å². The molecule has 0 fully saturated rings. The zero-order valence-electron chi connectivity index (χ0n) is 11.3. The molecule has 0 saturated carbocycles. The molecule has 19 heavy (non-hydrogen) atoms. The van der Waals surface area contributed by atoms with Crippen molar-refractivity contribution < 1.29 is 4.74 Å². The van der Waals surface area contributed by atoms with Gasteiger partial charge >= 0.3 is 0 Å². The molecular formula is C16H16N2O. The summed E-state index contributed by atoms with van der Waals surface area (Å²) < 4.78 is 5.15. The lowest BCUT2D eigenvalue weighted by Gasteiger charge is -2.21. The highest BCUT2D eigenvalue weighted by atomic mass is 16.5. The fourth-order valence-electron chi connectivity index (χ4n) is 1.96. The van der Waals surface area contributed by atoms with E-state index >= 15 is 0 Å². The van der Waals surface area contributed by atoms with Gasteiger partial charge in [-0.05, 0) is 48.9 Å². The lowest BCUT2D eigenvalue weighted by atomic mass is 10.1. The van der Waals surface area contributed by atoms with Crippen molar-refractivity contribution in [2.24, 2.45) is 0 Å². The molecule has 0 aliphatic carbocycles. The summed E-state index contributed by atoms with van der Waals surface area (Å²) in [6, 6.07) is 15.8. The molecule has 96 valence electrons. The monoisotopic (exact) mass is 252 g/mol. The maximum atomic E-state index is 9.19. The van der Waals surface area contributed by atoms with Crippen molar-refractivity contribution in [3.8, 4) is 11.8 Å². The highest BCUT2D eigenvalue weighted by Gasteiger charge is 2.09. The van der Waals surface area contributed by atoms with E-state index in [2.05, 4.69) is 6.07 Å². The van der Waals surface area contributed by atoms with Crippen molar-refractivity contribution in [3.05, 3.63) is 53.6 Å². The van der Waals surface area contributed by atoms with Crippen molar-refractivity contribution in [1.82, 2.24) is 0 Å². The van der Waals surface area contributed by atoms with Gasteiger partial charge in [0.15, 0.2) is 0 Å². The maximum absolute atomic E-state index is 9.19. The quantitative estimate of drug-likeness (QED) is 0.836. The Morgan fingerprint density at radius 3 is 2.37 bits per heavy atom. The van der Waals surface area contributed by atoms with Crippen molar-refractivity contribution in [1.29, 1.82) is 5.26 Å². The molecule has 2 rings (SSSR count).